The van der Waals surface area contributed by atoms with Gasteiger partial charge in [-0.3, -0.25) is 0 Å². The quantitative estimate of drug-likeness (QED) is 0.699. The maximum atomic E-state index is 4.29. The van der Waals surface area contributed by atoms with E-state index in [0.717, 1.165) is 19.4 Å². The van der Waals surface area contributed by atoms with E-state index in [4.69, 9.17) is 0 Å². The molecular formula is C8H14ClN3. The summed E-state index contributed by atoms with van der Waals surface area (Å²) in [5.74, 6) is 0. The molecule has 1 aromatic heterocycles. The molecule has 1 aliphatic rings. The van der Waals surface area contributed by atoms with Crippen LogP contribution in [0.25, 0.3) is 0 Å². The van der Waals surface area contributed by atoms with Crippen molar-refractivity contribution in [3.8, 4) is 0 Å². The lowest BCUT2D eigenvalue weighted by Gasteiger charge is -2.21. The van der Waals surface area contributed by atoms with Gasteiger partial charge in [-0.05, 0) is 6.42 Å². The van der Waals surface area contributed by atoms with Gasteiger partial charge < -0.3 is 10.3 Å². The van der Waals surface area contributed by atoms with Gasteiger partial charge >= 0.3 is 0 Å². The summed E-state index contributed by atoms with van der Waals surface area (Å²) in [6.07, 6.45) is 4.00. The minimum atomic E-state index is 0. The molecule has 0 saturated carbocycles. The maximum Gasteiger partial charge on any atom is 0.0925 e. The molecular weight excluding hydrogens is 174 g/mol. The fourth-order valence-corrected chi connectivity index (χ4v) is 1.64. The van der Waals surface area contributed by atoms with Gasteiger partial charge in [0.25, 0.3) is 0 Å². The summed E-state index contributed by atoms with van der Waals surface area (Å²) in [4.78, 5) is 7.46. The molecule has 3 nitrogen and oxygen atoms in total. The van der Waals surface area contributed by atoms with E-state index in [9.17, 15) is 0 Å². The molecule has 0 aliphatic carbocycles. The summed E-state index contributed by atoms with van der Waals surface area (Å²) in [5, 5.41) is 3.43. The number of rotatable bonds is 1. The zero-order valence-corrected chi connectivity index (χ0v) is 7.95. The third kappa shape index (κ3) is 1.47. The molecule has 0 aromatic carbocycles. The fraction of sp³-hybridized carbons (Fsp3) is 0.625. The monoisotopic (exact) mass is 187 g/mol. The third-order valence-electron chi connectivity index (χ3n) is 2.26. The van der Waals surface area contributed by atoms with Crippen molar-refractivity contribution in [1.82, 2.24) is 15.3 Å². The number of imidazole rings is 1. The van der Waals surface area contributed by atoms with E-state index in [1.165, 1.54) is 11.4 Å². The minimum Gasteiger partial charge on any atom is -0.348 e. The molecule has 0 fully saturated rings. The van der Waals surface area contributed by atoms with Crippen molar-refractivity contribution in [3.63, 3.8) is 0 Å². The topological polar surface area (TPSA) is 40.7 Å². The molecule has 2 rings (SSSR count). The van der Waals surface area contributed by atoms with E-state index in [1.54, 1.807) is 6.33 Å². The normalized spacial score (nSPS) is 21.2. The lowest BCUT2D eigenvalue weighted by Crippen LogP contribution is -2.29. The molecule has 0 amide bonds. The average Bonchev–Trinajstić information content (AvgIpc) is 2.50. The SMILES string of the molecule is CCC1NCCc2[nH]cnc21.Cl. The van der Waals surface area contributed by atoms with Gasteiger partial charge in [-0.25, -0.2) is 4.98 Å². The lowest BCUT2D eigenvalue weighted by atomic mass is 10.0. The number of H-pyrrole nitrogens is 1. The second kappa shape index (κ2) is 3.92. The minimum absolute atomic E-state index is 0. The van der Waals surface area contributed by atoms with E-state index in [-0.39, 0.29) is 12.4 Å². The first-order valence-corrected chi connectivity index (χ1v) is 4.17. The van der Waals surface area contributed by atoms with Crippen molar-refractivity contribution in [2.24, 2.45) is 0 Å². The Kier molecular flexibility index (Phi) is 3.12. The molecule has 1 unspecified atom stereocenters. The van der Waals surface area contributed by atoms with Crippen molar-refractivity contribution < 1.29 is 0 Å². The standard InChI is InChI=1S/C8H13N3.ClH/c1-2-6-8-7(3-4-9-6)10-5-11-8;/h5-6,9H,2-4H2,1H3,(H,10,11);1H. The molecule has 12 heavy (non-hydrogen) atoms. The van der Waals surface area contributed by atoms with Crippen LogP contribution in [0.15, 0.2) is 6.33 Å². The predicted octanol–water partition coefficient (Wildman–Crippen LogP) is 1.43. The highest BCUT2D eigenvalue weighted by Gasteiger charge is 2.19. The molecule has 0 saturated heterocycles. The molecule has 0 spiro atoms. The van der Waals surface area contributed by atoms with Gasteiger partial charge in [0.1, 0.15) is 0 Å². The first-order chi connectivity index (χ1) is 5.42. The van der Waals surface area contributed by atoms with Gasteiger partial charge in [0.05, 0.1) is 18.1 Å². The number of nitrogens with one attached hydrogen (secondary N) is 2. The highest BCUT2D eigenvalue weighted by molar-refractivity contribution is 5.85. The van der Waals surface area contributed by atoms with E-state index < -0.39 is 0 Å². The van der Waals surface area contributed by atoms with E-state index >= 15 is 0 Å². The molecule has 2 heterocycles. The van der Waals surface area contributed by atoms with Crippen LogP contribution in [-0.2, 0) is 6.42 Å². The van der Waals surface area contributed by atoms with Crippen LogP contribution in [0.1, 0.15) is 30.8 Å². The van der Waals surface area contributed by atoms with Gasteiger partial charge in [-0.2, -0.15) is 0 Å². The van der Waals surface area contributed by atoms with Gasteiger partial charge in [0.15, 0.2) is 0 Å². The van der Waals surface area contributed by atoms with Crippen LogP contribution in [0, 0.1) is 0 Å². The Labute approximate surface area is 78.4 Å². The van der Waals surface area contributed by atoms with Crippen LogP contribution in [-0.4, -0.2) is 16.5 Å². The van der Waals surface area contributed by atoms with Crippen LogP contribution < -0.4 is 5.32 Å². The van der Waals surface area contributed by atoms with Crippen LogP contribution in [0.5, 0.6) is 0 Å². The molecule has 0 radical (unpaired) electrons. The van der Waals surface area contributed by atoms with Gasteiger partial charge in [0.2, 0.25) is 0 Å². The molecule has 68 valence electrons. The molecule has 4 heteroatoms. The highest BCUT2D eigenvalue weighted by atomic mass is 35.5. The van der Waals surface area contributed by atoms with Crippen LogP contribution >= 0.6 is 12.4 Å². The zero-order chi connectivity index (χ0) is 7.68. The summed E-state index contributed by atoms with van der Waals surface area (Å²) in [6.45, 7) is 3.26. The van der Waals surface area contributed by atoms with E-state index in [1.807, 2.05) is 0 Å². The Bertz CT molecular complexity index is 246. The van der Waals surface area contributed by atoms with E-state index in [0.29, 0.717) is 6.04 Å². The van der Waals surface area contributed by atoms with Gasteiger partial charge in [0, 0.05) is 18.7 Å². The molecule has 0 bridgehead atoms. The largest absolute Gasteiger partial charge is 0.348 e. The smallest absolute Gasteiger partial charge is 0.0925 e. The summed E-state index contributed by atoms with van der Waals surface area (Å²) >= 11 is 0. The van der Waals surface area contributed by atoms with Crippen LogP contribution in [0.3, 0.4) is 0 Å². The molecule has 2 N–H and O–H groups in total. The zero-order valence-electron chi connectivity index (χ0n) is 7.13. The number of hydrogen-bond donors (Lipinski definition) is 2. The summed E-state index contributed by atoms with van der Waals surface area (Å²) in [7, 11) is 0. The number of aromatic amines is 1. The van der Waals surface area contributed by atoms with E-state index in [2.05, 4.69) is 22.2 Å². The second-order valence-corrected chi connectivity index (χ2v) is 2.93. The lowest BCUT2D eigenvalue weighted by molar-refractivity contribution is 0.480. The van der Waals surface area contributed by atoms with Crippen molar-refractivity contribution in [2.75, 3.05) is 6.54 Å². The van der Waals surface area contributed by atoms with Crippen molar-refractivity contribution >= 4 is 12.4 Å². The summed E-state index contributed by atoms with van der Waals surface area (Å²) in [6, 6.07) is 0.477. The first-order valence-electron chi connectivity index (χ1n) is 4.17. The Morgan fingerprint density at radius 3 is 3.25 bits per heavy atom. The Morgan fingerprint density at radius 1 is 1.67 bits per heavy atom. The third-order valence-corrected chi connectivity index (χ3v) is 2.26. The van der Waals surface area contributed by atoms with Crippen molar-refractivity contribution in [2.45, 2.75) is 25.8 Å². The Balaban J connectivity index is 0.000000720. The summed E-state index contributed by atoms with van der Waals surface area (Å²) < 4.78 is 0. The molecule has 1 atom stereocenters. The predicted molar refractivity (Wildman–Crippen MR) is 50.6 cm³/mol. The Morgan fingerprint density at radius 2 is 2.50 bits per heavy atom. The maximum absolute atomic E-state index is 4.29. The second-order valence-electron chi connectivity index (χ2n) is 2.93. The van der Waals surface area contributed by atoms with Crippen molar-refractivity contribution in [1.29, 1.82) is 0 Å². The highest BCUT2D eigenvalue weighted by Crippen LogP contribution is 2.20. The van der Waals surface area contributed by atoms with Gasteiger partial charge in [-0.1, -0.05) is 6.92 Å². The van der Waals surface area contributed by atoms with Gasteiger partial charge in [-0.15, -0.1) is 12.4 Å². The number of nitrogens with zero attached hydrogens (tertiary/aromatic N) is 1. The number of hydrogen-bond acceptors (Lipinski definition) is 2. The molecule has 1 aromatic rings. The van der Waals surface area contributed by atoms with Crippen molar-refractivity contribution in [3.05, 3.63) is 17.7 Å². The number of fused-ring (bicyclic) bond motifs is 1. The number of halogens is 1. The Hall–Kier alpha value is -0.540. The average molecular weight is 188 g/mol. The first kappa shape index (κ1) is 9.55. The van der Waals surface area contributed by atoms with Crippen LogP contribution in [0.2, 0.25) is 0 Å². The fourth-order valence-electron chi connectivity index (χ4n) is 1.64. The van der Waals surface area contributed by atoms with Crippen LogP contribution in [0.4, 0.5) is 0 Å². The molecule has 1 aliphatic heterocycles. The number of aromatic nitrogens is 2. The summed E-state index contributed by atoms with van der Waals surface area (Å²) in [5.41, 5.74) is 2.54.